The van der Waals surface area contributed by atoms with Crippen LogP contribution in [-0.2, 0) is 5.85 Å². The van der Waals surface area contributed by atoms with E-state index < -0.39 is 5.85 Å². The molecule has 0 spiro atoms. The van der Waals surface area contributed by atoms with Crippen LogP contribution in [0.25, 0.3) is 0 Å². The summed E-state index contributed by atoms with van der Waals surface area (Å²) in [6.45, 7) is 9.66. The third-order valence-corrected chi connectivity index (χ3v) is 5.07. The van der Waals surface area contributed by atoms with Crippen molar-refractivity contribution in [3.05, 3.63) is 65.2 Å². The van der Waals surface area contributed by atoms with Crippen LogP contribution in [0.5, 0.6) is 5.75 Å². The normalized spacial score (nSPS) is 13.6. The minimum absolute atomic E-state index is 0.0338. The van der Waals surface area contributed by atoms with E-state index in [0.29, 0.717) is 17.6 Å². The van der Waals surface area contributed by atoms with E-state index in [1.807, 2.05) is 18.2 Å². The number of nitrogens with two attached hydrogens (primary N) is 2. The van der Waals surface area contributed by atoms with Crippen molar-refractivity contribution in [1.82, 2.24) is 4.90 Å². The van der Waals surface area contributed by atoms with Gasteiger partial charge in [-0.2, -0.15) is 0 Å². The number of benzene rings is 2. The van der Waals surface area contributed by atoms with Gasteiger partial charge < -0.3 is 10.2 Å². The van der Waals surface area contributed by atoms with E-state index in [9.17, 15) is 10.2 Å². The Hall–Kier alpha value is -1.92. The minimum atomic E-state index is -1.94. The fourth-order valence-electron chi connectivity index (χ4n) is 3.66. The summed E-state index contributed by atoms with van der Waals surface area (Å²) in [4.78, 5) is 2.43. The zero-order valence-corrected chi connectivity index (χ0v) is 16.8. The molecule has 0 radical (unpaired) electrons. The van der Waals surface area contributed by atoms with E-state index in [4.69, 9.17) is 11.5 Å². The van der Waals surface area contributed by atoms with Gasteiger partial charge in [-0.3, -0.25) is 16.4 Å². The van der Waals surface area contributed by atoms with Crippen molar-refractivity contribution in [3.8, 4) is 5.75 Å². The van der Waals surface area contributed by atoms with Crippen molar-refractivity contribution in [1.29, 1.82) is 0 Å². The first-order valence-corrected chi connectivity index (χ1v) is 9.55. The van der Waals surface area contributed by atoms with Gasteiger partial charge in [-0.1, -0.05) is 30.3 Å². The average Bonchev–Trinajstić information content (AvgIpc) is 2.58. The molecule has 0 amide bonds. The summed E-state index contributed by atoms with van der Waals surface area (Å²) in [6, 6.07) is 15.8. The van der Waals surface area contributed by atoms with Crippen molar-refractivity contribution in [3.63, 3.8) is 0 Å². The van der Waals surface area contributed by atoms with Crippen LogP contribution < -0.4 is 11.5 Å². The van der Waals surface area contributed by atoms with Crippen LogP contribution in [0.15, 0.2) is 48.5 Å². The molecule has 2 aromatic rings. The molecule has 148 valence electrons. The van der Waals surface area contributed by atoms with E-state index >= 15 is 0 Å². The van der Waals surface area contributed by atoms with Gasteiger partial charge in [0, 0.05) is 29.1 Å². The molecule has 5 heteroatoms. The smallest absolute Gasteiger partial charge is 0.194 e. The second-order valence-corrected chi connectivity index (χ2v) is 7.78. The number of phenols is 1. The molecule has 1 unspecified atom stereocenters. The average molecular weight is 372 g/mol. The first-order chi connectivity index (χ1) is 12.6. The molecule has 2 rings (SSSR count). The lowest BCUT2D eigenvalue weighted by atomic mass is 9.86. The van der Waals surface area contributed by atoms with Gasteiger partial charge in [0.2, 0.25) is 0 Å². The van der Waals surface area contributed by atoms with Gasteiger partial charge in [-0.15, -0.1) is 0 Å². The minimum Gasteiger partial charge on any atom is -0.508 e. The summed E-state index contributed by atoms with van der Waals surface area (Å²) >= 11 is 0. The molecular formula is C22H33N3O2. The Morgan fingerprint density at radius 1 is 0.963 bits per heavy atom. The molecule has 5 nitrogen and oxygen atoms in total. The fraction of sp³-hybridized carbons (Fsp3) is 0.455. The first-order valence-electron chi connectivity index (χ1n) is 9.55. The Morgan fingerprint density at radius 2 is 1.56 bits per heavy atom. The van der Waals surface area contributed by atoms with Crippen LogP contribution in [0.2, 0.25) is 0 Å². The van der Waals surface area contributed by atoms with E-state index in [1.54, 1.807) is 18.2 Å². The zero-order chi connectivity index (χ0) is 20.2. The van der Waals surface area contributed by atoms with Gasteiger partial charge in [0.1, 0.15) is 5.75 Å². The van der Waals surface area contributed by atoms with Crippen molar-refractivity contribution >= 4 is 0 Å². The molecule has 0 bridgehead atoms. The largest absolute Gasteiger partial charge is 0.508 e. The molecule has 27 heavy (non-hydrogen) atoms. The van der Waals surface area contributed by atoms with Crippen molar-refractivity contribution in [2.45, 2.75) is 58.0 Å². The Bertz CT molecular complexity index is 716. The standard InChI is InChI=1S/C22H33N3O2/c1-15(2)25(16(3)4)13-12-19(17-8-6-5-7-9-17)20-14-18(22(23,24)27)10-11-21(20)26/h5-11,14-16,19,26-27H,12-13,23-24H2,1-4H3. The highest BCUT2D eigenvalue weighted by atomic mass is 16.3. The predicted molar refractivity (Wildman–Crippen MR) is 110 cm³/mol. The maximum Gasteiger partial charge on any atom is 0.194 e. The van der Waals surface area contributed by atoms with Gasteiger partial charge in [-0.05, 0) is 64.4 Å². The Balaban J connectivity index is 2.42. The Morgan fingerprint density at radius 3 is 2.07 bits per heavy atom. The van der Waals surface area contributed by atoms with E-state index in [2.05, 4.69) is 44.7 Å². The number of phenolic OH excluding ortho intramolecular Hbond substituents is 1. The molecule has 1 atom stereocenters. The van der Waals surface area contributed by atoms with Gasteiger partial charge in [-0.25, -0.2) is 0 Å². The zero-order valence-electron chi connectivity index (χ0n) is 16.8. The number of aliphatic hydroxyl groups is 1. The molecule has 2 aromatic carbocycles. The Kier molecular flexibility index (Phi) is 7.00. The number of hydrogen-bond donors (Lipinski definition) is 4. The van der Waals surface area contributed by atoms with Crippen molar-refractivity contribution in [2.24, 2.45) is 11.5 Å². The monoisotopic (exact) mass is 371 g/mol. The lowest BCUT2D eigenvalue weighted by Gasteiger charge is -2.32. The molecule has 6 N–H and O–H groups in total. The quantitative estimate of drug-likeness (QED) is 0.535. The highest BCUT2D eigenvalue weighted by Gasteiger charge is 2.24. The maximum absolute atomic E-state index is 10.5. The van der Waals surface area contributed by atoms with E-state index in [-0.39, 0.29) is 11.7 Å². The number of nitrogens with zero attached hydrogens (tertiary/aromatic N) is 1. The second kappa shape index (κ2) is 8.85. The highest BCUT2D eigenvalue weighted by molar-refractivity contribution is 5.44. The lowest BCUT2D eigenvalue weighted by molar-refractivity contribution is 0.0507. The van der Waals surface area contributed by atoms with Crippen LogP contribution in [0.1, 0.15) is 56.7 Å². The number of hydrogen-bond acceptors (Lipinski definition) is 5. The summed E-state index contributed by atoms with van der Waals surface area (Å²) in [5, 5.41) is 20.5. The first kappa shape index (κ1) is 21.4. The van der Waals surface area contributed by atoms with Crippen LogP contribution in [-0.4, -0.2) is 33.7 Å². The van der Waals surface area contributed by atoms with Crippen LogP contribution in [0.3, 0.4) is 0 Å². The third kappa shape index (κ3) is 5.53. The SMILES string of the molecule is CC(C)N(CCC(c1ccccc1)c1cc(C(N)(N)O)ccc1O)C(C)C. The summed E-state index contributed by atoms with van der Waals surface area (Å²) in [5.41, 5.74) is 13.5. The second-order valence-electron chi connectivity index (χ2n) is 7.78. The highest BCUT2D eigenvalue weighted by Crippen LogP contribution is 2.35. The molecule has 0 heterocycles. The molecule has 0 aliphatic carbocycles. The fourth-order valence-corrected chi connectivity index (χ4v) is 3.66. The molecular weight excluding hydrogens is 338 g/mol. The Labute approximate surface area is 162 Å². The lowest BCUT2D eigenvalue weighted by Crippen LogP contribution is -2.45. The van der Waals surface area contributed by atoms with Gasteiger partial charge in [0.25, 0.3) is 0 Å². The topological polar surface area (TPSA) is 95.7 Å². The predicted octanol–water partition coefficient (Wildman–Crippen LogP) is 3.05. The van der Waals surface area contributed by atoms with Gasteiger partial charge in [0.15, 0.2) is 5.85 Å². The molecule has 0 aliphatic rings. The van der Waals surface area contributed by atoms with Gasteiger partial charge in [0.05, 0.1) is 0 Å². The van der Waals surface area contributed by atoms with Crippen molar-refractivity contribution < 1.29 is 10.2 Å². The number of aromatic hydroxyl groups is 1. The third-order valence-electron chi connectivity index (χ3n) is 5.07. The summed E-state index contributed by atoms with van der Waals surface area (Å²) in [6.07, 6.45) is 0.824. The van der Waals surface area contributed by atoms with Crippen LogP contribution >= 0.6 is 0 Å². The molecule has 0 saturated carbocycles. The molecule has 0 saturated heterocycles. The molecule has 0 fully saturated rings. The summed E-state index contributed by atoms with van der Waals surface area (Å²) in [5.74, 6) is -1.79. The van der Waals surface area contributed by atoms with Crippen LogP contribution in [0.4, 0.5) is 0 Å². The summed E-state index contributed by atoms with van der Waals surface area (Å²) < 4.78 is 0. The van der Waals surface area contributed by atoms with E-state index in [0.717, 1.165) is 24.1 Å². The number of rotatable bonds is 8. The van der Waals surface area contributed by atoms with Gasteiger partial charge >= 0.3 is 0 Å². The molecule has 0 aromatic heterocycles. The van der Waals surface area contributed by atoms with Crippen molar-refractivity contribution in [2.75, 3.05) is 6.54 Å². The molecule has 0 aliphatic heterocycles. The maximum atomic E-state index is 10.5. The van der Waals surface area contributed by atoms with Crippen LogP contribution in [0, 0.1) is 0 Å². The van der Waals surface area contributed by atoms with E-state index in [1.165, 1.54) is 0 Å². The summed E-state index contributed by atoms with van der Waals surface area (Å²) in [7, 11) is 0.